The monoisotopic (exact) mass is 865 g/mol. The Kier molecular flexibility index (Phi) is 14.7. The Balaban J connectivity index is 1.51. The van der Waals surface area contributed by atoms with Crippen LogP contribution in [0.5, 0.6) is 11.5 Å². The van der Waals surface area contributed by atoms with E-state index in [2.05, 4.69) is 72.7 Å². The third-order valence-electron chi connectivity index (χ3n) is 10.1. The van der Waals surface area contributed by atoms with Gasteiger partial charge in [0.1, 0.15) is 29.5 Å². The number of halogens is 2. The number of hydrogen-bond donors (Lipinski definition) is 1. The highest BCUT2D eigenvalue weighted by atomic mass is 35.5. The first kappa shape index (κ1) is 44.7. The predicted octanol–water partition coefficient (Wildman–Crippen LogP) is 12.2. The lowest BCUT2D eigenvalue weighted by Gasteiger charge is -2.41. The zero-order valence-electron chi connectivity index (χ0n) is 34.8. The van der Waals surface area contributed by atoms with Gasteiger partial charge in [-0.05, 0) is 78.8 Å². The SMILES string of the molecule is CSc1nccc(-c2c(-c3cccc(OCc4ccccc4)c3)nc(-c3c(Cl)cc(OCC(CO[Si](C)(C)C(C)(C)C)C(O[Si](C)C)C(C)(C)C)cc3Cl)n2O)n1. The molecule has 0 saturated heterocycles. The standard InChI is InChI=1S/C43H55Cl2N4O5SSi2/c1-42(2,3)39(54-56(8)9)30(27-53-57(10,11)43(4,5)6)26-52-32-23-33(44)36(34(45)24-32)40-48-37(38(49(40)50)35-20-21-46-41(47-35)55-7)29-18-15-19-31(22-29)51-25-28-16-13-12-14-17-28/h12-24,30,39,50H,25-27H2,1-11H3. The molecule has 2 atom stereocenters. The Hall–Kier alpha value is -3.37. The van der Waals surface area contributed by atoms with Gasteiger partial charge in [-0.2, -0.15) is 4.73 Å². The predicted molar refractivity (Wildman–Crippen MR) is 238 cm³/mol. The van der Waals surface area contributed by atoms with Gasteiger partial charge in [0.2, 0.25) is 9.04 Å². The number of nitrogens with zero attached hydrogens (tertiary/aromatic N) is 4. The minimum atomic E-state index is -2.06. The molecule has 3 aromatic carbocycles. The summed E-state index contributed by atoms with van der Waals surface area (Å²) >= 11 is 15.5. The van der Waals surface area contributed by atoms with Crippen LogP contribution in [0.15, 0.2) is 84.1 Å². The van der Waals surface area contributed by atoms with Gasteiger partial charge in [-0.25, -0.2) is 15.0 Å². The zero-order chi connectivity index (χ0) is 41.7. The molecule has 0 aliphatic carbocycles. The number of benzene rings is 3. The van der Waals surface area contributed by atoms with Crippen LogP contribution in [0.4, 0.5) is 0 Å². The molecule has 0 amide bonds. The van der Waals surface area contributed by atoms with Crippen molar-refractivity contribution in [1.82, 2.24) is 19.7 Å². The lowest BCUT2D eigenvalue weighted by Crippen LogP contribution is -2.48. The van der Waals surface area contributed by atoms with Gasteiger partial charge in [-0.1, -0.05) is 119 Å². The summed E-state index contributed by atoms with van der Waals surface area (Å²) in [5.41, 5.74) is 3.20. The van der Waals surface area contributed by atoms with Crippen LogP contribution in [-0.2, 0) is 15.5 Å². The Morgan fingerprint density at radius 2 is 1.54 bits per heavy atom. The maximum Gasteiger partial charge on any atom is 0.205 e. The van der Waals surface area contributed by atoms with Crippen LogP contribution < -0.4 is 9.47 Å². The van der Waals surface area contributed by atoms with Crippen LogP contribution in [0.3, 0.4) is 0 Å². The highest BCUT2D eigenvalue weighted by Crippen LogP contribution is 2.43. The van der Waals surface area contributed by atoms with E-state index in [1.807, 2.05) is 60.9 Å². The van der Waals surface area contributed by atoms with Crippen molar-refractivity contribution in [2.45, 2.75) is 90.6 Å². The molecule has 305 valence electrons. The van der Waals surface area contributed by atoms with E-state index in [1.54, 1.807) is 24.4 Å². The summed E-state index contributed by atoms with van der Waals surface area (Å²) in [4.78, 5) is 14.0. The summed E-state index contributed by atoms with van der Waals surface area (Å²) in [5.74, 6) is 1.20. The Labute approximate surface area is 355 Å². The topological polar surface area (TPSA) is 101 Å². The van der Waals surface area contributed by atoms with Crippen LogP contribution in [0.2, 0.25) is 41.3 Å². The van der Waals surface area contributed by atoms with Gasteiger partial charge in [0, 0.05) is 24.3 Å². The van der Waals surface area contributed by atoms with Crippen LogP contribution in [-0.4, -0.2) is 67.8 Å². The molecule has 5 rings (SSSR count). The number of imidazole rings is 1. The van der Waals surface area contributed by atoms with Crippen molar-refractivity contribution in [1.29, 1.82) is 0 Å². The molecule has 0 fully saturated rings. The Morgan fingerprint density at radius 1 is 0.860 bits per heavy atom. The smallest absolute Gasteiger partial charge is 0.205 e. The maximum atomic E-state index is 11.9. The Bertz CT molecular complexity index is 2100. The van der Waals surface area contributed by atoms with Gasteiger partial charge >= 0.3 is 0 Å². The largest absolute Gasteiger partial charge is 0.493 e. The second-order valence-electron chi connectivity index (χ2n) is 16.9. The van der Waals surface area contributed by atoms with Crippen molar-refractivity contribution in [2.75, 3.05) is 19.5 Å². The fourth-order valence-electron chi connectivity index (χ4n) is 6.09. The van der Waals surface area contributed by atoms with Crippen molar-refractivity contribution in [2.24, 2.45) is 11.3 Å². The summed E-state index contributed by atoms with van der Waals surface area (Å²) in [6, 6.07) is 22.7. The summed E-state index contributed by atoms with van der Waals surface area (Å²) in [5, 5.41) is 13.0. The van der Waals surface area contributed by atoms with E-state index in [4.69, 9.17) is 51.5 Å². The molecule has 0 spiro atoms. The van der Waals surface area contributed by atoms with Crippen molar-refractivity contribution in [3.05, 3.63) is 94.6 Å². The average Bonchev–Trinajstić information content (AvgIpc) is 3.48. The second kappa shape index (κ2) is 18.7. The van der Waals surface area contributed by atoms with Gasteiger partial charge in [0.05, 0.1) is 34.0 Å². The van der Waals surface area contributed by atoms with E-state index < -0.39 is 17.4 Å². The van der Waals surface area contributed by atoms with Crippen LogP contribution in [0, 0.1) is 11.3 Å². The highest BCUT2D eigenvalue weighted by Gasteiger charge is 2.41. The molecule has 2 heterocycles. The van der Waals surface area contributed by atoms with Gasteiger partial charge in [0.25, 0.3) is 0 Å². The lowest BCUT2D eigenvalue weighted by atomic mass is 9.82. The number of aromatic nitrogens is 4. The van der Waals surface area contributed by atoms with Crippen molar-refractivity contribution < 1.29 is 23.5 Å². The molecule has 57 heavy (non-hydrogen) atoms. The molecule has 1 N–H and O–H groups in total. The van der Waals surface area contributed by atoms with Crippen molar-refractivity contribution >= 4 is 52.3 Å². The Morgan fingerprint density at radius 3 is 2.16 bits per heavy atom. The lowest BCUT2D eigenvalue weighted by molar-refractivity contribution is -0.00839. The quantitative estimate of drug-likeness (QED) is 0.0450. The fraction of sp³-hybridized carbons (Fsp3) is 0.419. The molecule has 0 saturated carbocycles. The van der Waals surface area contributed by atoms with Gasteiger partial charge in [0.15, 0.2) is 19.3 Å². The molecule has 0 aliphatic heterocycles. The van der Waals surface area contributed by atoms with Crippen LogP contribution >= 0.6 is 35.0 Å². The first-order chi connectivity index (χ1) is 26.8. The summed E-state index contributed by atoms with van der Waals surface area (Å²) in [6.07, 6.45) is 3.44. The van der Waals surface area contributed by atoms with E-state index in [9.17, 15) is 5.21 Å². The summed E-state index contributed by atoms with van der Waals surface area (Å²) < 4.78 is 27.0. The summed E-state index contributed by atoms with van der Waals surface area (Å²) in [6.45, 7) is 23.4. The molecule has 0 aliphatic rings. The number of ether oxygens (including phenoxy) is 2. The van der Waals surface area contributed by atoms with Crippen molar-refractivity contribution in [3.8, 4) is 45.5 Å². The normalized spacial score (nSPS) is 13.5. The molecule has 2 unspecified atom stereocenters. The fourth-order valence-corrected chi connectivity index (χ4v) is 9.20. The zero-order valence-corrected chi connectivity index (χ0v) is 39.1. The number of hydrogen-bond acceptors (Lipinski definition) is 9. The van der Waals surface area contributed by atoms with Crippen LogP contribution in [0.25, 0.3) is 34.0 Å². The minimum Gasteiger partial charge on any atom is -0.493 e. The molecular formula is C43H55Cl2N4O5SSi2. The van der Waals surface area contributed by atoms with E-state index in [0.29, 0.717) is 64.7 Å². The van der Waals surface area contributed by atoms with E-state index in [-0.39, 0.29) is 38.3 Å². The molecule has 0 bridgehead atoms. The van der Waals surface area contributed by atoms with E-state index in [0.717, 1.165) is 10.3 Å². The van der Waals surface area contributed by atoms with Gasteiger partial charge < -0.3 is 23.5 Å². The second-order valence-corrected chi connectivity index (χ2v) is 25.3. The van der Waals surface area contributed by atoms with E-state index >= 15 is 0 Å². The van der Waals surface area contributed by atoms with Crippen molar-refractivity contribution in [3.63, 3.8) is 0 Å². The minimum absolute atomic E-state index is 0.0552. The molecule has 5 aromatic rings. The molecule has 1 radical (unpaired) electrons. The summed E-state index contributed by atoms with van der Waals surface area (Å²) in [7, 11) is -3.09. The molecule has 14 heteroatoms. The third kappa shape index (κ3) is 11.2. The van der Waals surface area contributed by atoms with Crippen LogP contribution in [0.1, 0.15) is 47.1 Å². The first-order valence-electron chi connectivity index (χ1n) is 19.0. The molecule has 2 aromatic heterocycles. The number of rotatable bonds is 16. The number of thioether (sulfide) groups is 1. The maximum absolute atomic E-state index is 11.9. The highest BCUT2D eigenvalue weighted by molar-refractivity contribution is 7.98. The third-order valence-corrected chi connectivity index (χ3v) is 16.5. The van der Waals surface area contributed by atoms with E-state index in [1.165, 1.54) is 11.8 Å². The van der Waals surface area contributed by atoms with Gasteiger partial charge in [-0.15, -0.1) is 0 Å². The first-order valence-corrected chi connectivity index (χ1v) is 26.3. The average molecular weight is 867 g/mol. The molecular weight excluding hydrogens is 812 g/mol. The molecule has 9 nitrogen and oxygen atoms in total. The van der Waals surface area contributed by atoms with Gasteiger partial charge in [-0.3, -0.25) is 0 Å².